The lowest BCUT2D eigenvalue weighted by molar-refractivity contribution is 0.473. The highest BCUT2D eigenvalue weighted by Crippen LogP contribution is 2.47. The fourth-order valence-corrected chi connectivity index (χ4v) is 2.28. The molecule has 0 amide bonds. The summed E-state index contributed by atoms with van der Waals surface area (Å²) in [6.07, 6.45) is 2.48. The first kappa shape index (κ1) is 9.85. The van der Waals surface area contributed by atoms with Crippen LogP contribution < -0.4 is 0 Å². The standard InChI is InChI=1S/C12H15ClO/c1-7(2)10-5-9(14)6-11(13)12(10)8-3-4-8/h5-8,14H,3-4H2,1-2H3. The van der Waals surface area contributed by atoms with Gasteiger partial charge in [-0.25, -0.2) is 0 Å². The first-order valence-electron chi connectivity index (χ1n) is 5.12. The molecule has 1 aromatic carbocycles. The second kappa shape index (κ2) is 3.47. The number of hydrogen-bond acceptors (Lipinski definition) is 1. The van der Waals surface area contributed by atoms with E-state index in [1.54, 1.807) is 6.07 Å². The first-order chi connectivity index (χ1) is 6.59. The molecule has 0 saturated heterocycles. The van der Waals surface area contributed by atoms with Gasteiger partial charge < -0.3 is 5.11 Å². The highest BCUT2D eigenvalue weighted by atomic mass is 35.5. The summed E-state index contributed by atoms with van der Waals surface area (Å²) in [6, 6.07) is 3.51. The predicted molar refractivity (Wildman–Crippen MR) is 59.2 cm³/mol. The lowest BCUT2D eigenvalue weighted by Gasteiger charge is -2.14. The van der Waals surface area contributed by atoms with Crippen LogP contribution >= 0.6 is 11.6 Å². The highest BCUT2D eigenvalue weighted by Gasteiger charge is 2.29. The van der Waals surface area contributed by atoms with Crippen LogP contribution in [0.15, 0.2) is 12.1 Å². The monoisotopic (exact) mass is 210 g/mol. The Morgan fingerprint density at radius 3 is 2.50 bits per heavy atom. The van der Waals surface area contributed by atoms with Gasteiger partial charge in [0.05, 0.1) is 0 Å². The Kier molecular flexibility index (Phi) is 2.44. The zero-order valence-electron chi connectivity index (χ0n) is 8.55. The van der Waals surface area contributed by atoms with E-state index in [1.807, 2.05) is 6.07 Å². The molecule has 2 rings (SSSR count). The number of rotatable bonds is 2. The molecule has 0 atom stereocenters. The molecule has 2 heteroatoms. The summed E-state index contributed by atoms with van der Waals surface area (Å²) in [5.41, 5.74) is 2.47. The minimum Gasteiger partial charge on any atom is -0.508 e. The summed E-state index contributed by atoms with van der Waals surface area (Å²) in [6.45, 7) is 4.27. The SMILES string of the molecule is CC(C)c1cc(O)cc(Cl)c1C1CC1. The average Bonchev–Trinajstić information content (AvgIpc) is 2.85. The zero-order valence-corrected chi connectivity index (χ0v) is 9.30. The fourth-order valence-electron chi connectivity index (χ4n) is 1.90. The van der Waals surface area contributed by atoms with Crippen molar-refractivity contribution in [1.29, 1.82) is 0 Å². The molecule has 0 radical (unpaired) electrons. The molecular weight excluding hydrogens is 196 g/mol. The van der Waals surface area contributed by atoms with Gasteiger partial charge in [-0.1, -0.05) is 25.4 Å². The summed E-state index contributed by atoms with van der Waals surface area (Å²) < 4.78 is 0. The van der Waals surface area contributed by atoms with E-state index in [-0.39, 0.29) is 5.75 Å². The largest absolute Gasteiger partial charge is 0.508 e. The van der Waals surface area contributed by atoms with Gasteiger partial charge >= 0.3 is 0 Å². The molecule has 0 bridgehead atoms. The molecule has 1 fully saturated rings. The third-order valence-corrected chi connectivity index (χ3v) is 3.07. The van der Waals surface area contributed by atoms with Gasteiger partial charge in [0.15, 0.2) is 0 Å². The van der Waals surface area contributed by atoms with Crippen molar-refractivity contribution in [2.75, 3.05) is 0 Å². The summed E-state index contributed by atoms with van der Waals surface area (Å²) in [5, 5.41) is 10.2. The van der Waals surface area contributed by atoms with Crippen LogP contribution in [-0.2, 0) is 0 Å². The maximum Gasteiger partial charge on any atom is 0.117 e. The molecule has 0 spiro atoms. The third-order valence-electron chi connectivity index (χ3n) is 2.75. The van der Waals surface area contributed by atoms with Gasteiger partial charge in [0.2, 0.25) is 0 Å². The van der Waals surface area contributed by atoms with Gasteiger partial charge in [-0.15, -0.1) is 0 Å². The smallest absolute Gasteiger partial charge is 0.117 e. The summed E-state index contributed by atoms with van der Waals surface area (Å²) in [4.78, 5) is 0. The number of hydrogen-bond donors (Lipinski definition) is 1. The Hall–Kier alpha value is -0.690. The zero-order chi connectivity index (χ0) is 10.3. The first-order valence-corrected chi connectivity index (χ1v) is 5.49. The molecule has 1 nitrogen and oxygen atoms in total. The minimum absolute atomic E-state index is 0.281. The number of halogens is 1. The Balaban J connectivity index is 2.53. The highest BCUT2D eigenvalue weighted by molar-refractivity contribution is 6.31. The van der Waals surface area contributed by atoms with Crippen LogP contribution in [0.3, 0.4) is 0 Å². The Morgan fingerprint density at radius 2 is 2.00 bits per heavy atom. The maximum atomic E-state index is 9.48. The molecule has 14 heavy (non-hydrogen) atoms. The number of aromatic hydroxyl groups is 1. The van der Waals surface area contributed by atoms with Crippen LogP contribution in [0.25, 0.3) is 0 Å². The molecule has 1 aliphatic rings. The fraction of sp³-hybridized carbons (Fsp3) is 0.500. The van der Waals surface area contributed by atoms with Crippen LogP contribution in [0, 0.1) is 0 Å². The summed E-state index contributed by atoms with van der Waals surface area (Å²) in [7, 11) is 0. The van der Waals surface area contributed by atoms with E-state index in [0.29, 0.717) is 11.8 Å². The van der Waals surface area contributed by atoms with E-state index < -0.39 is 0 Å². The van der Waals surface area contributed by atoms with Crippen molar-refractivity contribution in [2.45, 2.75) is 38.5 Å². The molecule has 0 aliphatic heterocycles. The average molecular weight is 211 g/mol. The second-order valence-electron chi connectivity index (χ2n) is 4.36. The van der Waals surface area contributed by atoms with Crippen LogP contribution in [-0.4, -0.2) is 5.11 Å². The van der Waals surface area contributed by atoms with Crippen LogP contribution in [0.2, 0.25) is 5.02 Å². The van der Waals surface area contributed by atoms with E-state index in [2.05, 4.69) is 13.8 Å². The molecule has 0 aromatic heterocycles. The number of phenolic OH excluding ortho intramolecular Hbond substituents is 1. The molecule has 1 saturated carbocycles. The van der Waals surface area contributed by atoms with Crippen molar-refractivity contribution in [1.82, 2.24) is 0 Å². The molecule has 1 aromatic rings. The van der Waals surface area contributed by atoms with Gasteiger partial charge in [-0.2, -0.15) is 0 Å². The molecule has 1 aliphatic carbocycles. The summed E-state index contributed by atoms with van der Waals surface area (Å²) in [5.74, 6) is 1.35. The minimum atomic E-state index is 0.281. The molecular formula is C12H15ClO. The second-order valence-corrected chi connectivity index (χ2v) is 4.77. The Labute approximate surface area is 89.7 Å². The van der Waals surface area contributed by atoms with Crippen molar-refractivity contribution in [3.8, 4) is 5.75 Å². The van der Waals surface area contributed by atoms with E-state index in [0.717, 1.165) is 5.02 Å². The van der Waals surface area contributed by atoms with Crippen molar-refractivity contribution in [3.05, 3.63) is 28.3 Å². The van der Waals surface area contributed by atoms with Crippen molar-refractivity contribution >= 4 is 11.6 Å². The molecule has 1 N–H and O–H groups in total. The normalized spacial score (nSPS) is 16.3. The van der Waals surface area contributed by atoms with E-state index >= 15 is 0 Å². The third kappa shape index (κ3) is 1.74. The van der Waals surface area contributed by atoms with Gasteiger partial charge in [0.25, 0.3) is 0 Å². The Bertz CT molecular complexity index is 354. The topological polar surface area (TPSA) is 20.2 Å². The van der Waals surface area contributed by atoms with Crippen LogP contribution in [0.5, 0.6) is 5.75 Å². The van der Waals surface area contributed by atoms with Crippen molar-refractivity contribution < 1.29 is 5.11 Å². The molecule has 0 unspecified atom stereocenters. The van der Waals surface area contributed by atoms with Crippen LogP contribution in [0.1, 0.15) is 49.7 Å². The lowest BCUT2D eigenvalue weighted by Crippen LogP contribution is -1.95. The Morgan fingerprint density at radius 1 is 1.36 bits per heavy atom. The van der Waals surface area contributed by atoms with Gasteiger partial charge in [-0.05, 0) is 47.9 Å². The van der Waals surface area contributed by atoms with Crippen molar-refractivity contribution in [2.24, 2.45) is 0 Å². The molecule has 76 valence electrons. The van der Waals surface area contributed by atoms with Crippen molar-refractivity contribution in [3.63, 3.8) is 0 Å². The predicted octanol–water partition coefficient (Wildman–Crippen LogP) is 4.05. The van der Waals surface area contributed by atoms with E-state index in [4.69, 9.17) is 11.6 Å². The lowest BCUT2D eigenvalue weighted by atomic mass is 9.94. The molecule has 0 heterocycles. The van der Waals surface area contributed by atoms with Gasteiger partial charge in [0, 0.05) is 5.02 Å². The number of phenols is 1. The number of benzene rings is 1. The van der Waals surface area contributed by atoms with Crippen LogP contribution in [0.4, 0.5) is 0 Å². The van der Waals surface area contributed by atoms with Gasteiger partial charge in [0.1, 0.15) is 5.75 Å². The maximum absolute atomic E-state index is 9.48. The van der Waals surface area contributed by atoms with E-state index in [1.165, 1.54) is 24.0 Å². The quantitative estimate of drug-likeness (QED) is 0.781. The summed E-state index contributed by atoms with van der Waals surface area (Å²) >= 11 is 6.15. The van der Waals surface area contributed by atoms with E-state index in [9.17, 15) is 5.11 Å². The van der Waals surface area contributed by atoms with Gasteiger partial charge in [-0.3, -0.25) is 0 Å².